The SMILES string of the molecule is CCOC(=O)c1cccnc1C1=NC(O)CS1. The summed E-state index contributed by atoms with van der Waals surface area (Å²) in [6.45, 7) is 2.06. The zero-order valence-corrected chi connectivity index (χ0v) is 10.1. The van der Waals surface area contributed by atoms with Crippen molar-refractivity contribution < 1.29 is 14.6 Å². The summed E-state index contributed by atoms with van der Waals surface area (Å²) in [5.74, 6) is 0.0778. The molecule has 1 aliphatic rings. The minimum Gasteiger partial charge on any atom is -0.462 e. The lowest BCUT2D eigenvalue weighted by Gasteiger charge is -2.06. The largest absolute Gasteiger partial charge is 0.462 e. The van der Waals surface area contributed by atoms with Crippen molar-refractivity contribution in [2.75, 3.05) is 12.4 Å². The van der Waals surface area contributed by atoms with Crippen LogP contribution < -0.4 is 0 Å². The van der Waals surface area contributed by atoms with Crippen molar-refractivity contribution in [3.05, 3.63) is 29.6 Å². The zero-order valence-electron chi connectivity index (χ0n) is 9.29. The third kappa shape index (κ3) is 2.65. The van der Waals surface area contributed by atoms with Crippen LogP contribution in [-0.4, -0.2) is 39.7 Å². The van der Waals surface area contributed by atoms with Gasteiger partial charge in [-0.3, -0.25) is 4.98 Å². The van der Waals surface area contributed by atoms with Crippen molar-refractivity contribution in [3.63, 3.8) is 0 Å². The Labute approximate surface area is 103 Å². The summed E-state index contributed by atoms with van der Waals surface area (Å²) < 4.78 is 4.95. The van der Waals surface area contributed by atoms with Gasteiger partial charge in [0.2, 0.25) is 0 Å². The summed E-state index contributed by atoms with van der Waals surface area (Å²) in [5.41, 5.74) is 0.863. The quantitative estimate of drug-likeness (QED) is 0.815. The van der Waals surface area contributed by atoms with Crippen LogP contribution in [0.5, 0.6) is 0 Å². The van der Waals surface area contributed by atoms with Gasteiger partial charge in [0.1, 0.15) is 10.7 Å². The number of hydrogen-bond donors (Lipinski definition) is 1. The van der Waals surface area contributed by atoms with Crippen LogP contribution >= 0.6 is 11.8 Å². The number of aliphatic imine (C=N–C) groups is 1. The Hall–Kier alpha value is -1.40. The molecule has 0 aliphatic carbocycles. The van der Waals surface area contributed by atoms with E-state index in [4.69, 9.17) is 4.74 Å². The van der Waals surface area contributed by atoms with Crippen molar-refractivity contribution in [1.82, 2.24) is 4.98 Å². The van der Waals surface area contributed by atoms with E-state index in [0.29, 0.717) is 28.7 Å². The summed E-state index contributed by atoms with van der Waals surface area (Å²) in [6, 6.07) is 3.32. The zero-order chi connectivity index (χ0) is 12.3. The fourth-order valence-electron chi connectivity index (χ4n) is 1.44. The standard InChI is InChI=1S/C11H12N2O3S/c1-2-16-11(15)7-4-3-5-12-9(7)10-13-8(14)6-17-10/h3-5,8,14H,2,6H2,1H3. The molecule has 1 aromatic rings. The first kappa shape index (κ1) is 12.1. The van der Waals surface area contributed by atoms with Gasteiger partial charge in [0, 0.05) is 11.9 Å². The van der Waals surface area contributed by atoms with Crippen LogP contribution in [0.1, 0.15) is 23.0 Å². The molecule has 90 valence electrons. The number of pyridine rings is 1. The Balaban J connectivity index is 2.34. The Morgan fingerprint density at radius 2 is 2.53 bits per heavy atom. The summed E-state index contributed by atoms with van der Waals surface area (Å²) in [6.07, 6.45) is 0.873. The fourth-order valence-corrected chi connectivity index (χ4v) is 2.32. The van der Waals surface area contributed by atoms with Crippen molar-refractivity contribution in [3.8, 4) is 0 Å². The molecule has 1 atom stereocenters. The van der Waals surface area contributed by atoms with E-state index in [2.05, 4.69) is 9.98 Å². The lowest BCUT2D eigenvalue weighted by Crippen LogP contribution is -2.11. The normalized spacial score (nSPS) is 18.9. The van der Waals surface area contributed by atoms with Gasteiger partial charge in [-0.2, -0.15) is 0 Å². The molecule has 0 spiro atoms. The first-order valence-electron chi connectivity index (χ1n) is 5.23. The van der Waals surface area contributed by atoms with Crippen LogP contribution in [0.2, 0.25) is 0 Å². The summed E-state index contributed by atoms with van der Waals surface area (Å²) in [5, 5.41) is 9.93. The maximum atomic E-state index is 11.7. The first-order valence-corrected chi connectivity index (χ1v) is 6.22. The average Bonchev–Trinajstić information content (AvgIpc) is 2.76. The van der Waals surface area contributed by atoms with E-state index in [9.17, 15) is 9.90 Å². The number of aliphatic hydroxyl groups is 1. The minimum absolute atomic E-state index is 0.315. The van der Waals surface area contributed by atoms with Crippen LogP contribution in [0.25, 0.3) is 0 Å². The van der Waals surface area contributed by atoms with Crippen LogP contribution in [0.15, 0.2) is 23.3 Å². The number of hydrogen-bond acceptors (Lipinski definition) is 6. The van der Waals surface area contributed by atoms with Gasteiger partial charge in [-0.25, -0.2) is 9.79 Å². The predicted octanol–water partition coefficient (Wildman–Crippen LogP) is 1.07. The van der Waals surface area contributed by atoms with Crippen LogP contribution in [-0.2, 0) is 4.74 Å². The highest BCUT2D eigenvalue weighted by atomic mass is 32.2. The van der Waals surface area contributed by atoms with Crippen molar-refractivity contribution in [2.45, 2.75) is 13.2 Å². The summed E-state index contributed by atoms with van der Waals surface area (Å²) in [4.78, 5) is 19.9. The molecule has 1 aliphatic heterocycles. The Morgan fingerprint density at radius 1 is 1.71 bits per heavy atom. The van der Waals surface area contributed by atoms with E-state index >= 15 is 0 Å². The maximum Gasteiger partial charge on any atom is 0.340 e. The van der Waals surface area contributed by atoms with E-state index in [-0.39, 0.29) is 0 Å². The first-order chi connectivity index (χ1) is 8.22. The molecule has 0 aromatic carbocycles. The topological polar surface area (TPSA) is 71.8 Å². The molecule has 6 heteroatoms. The molecule has 0 radical (unpaired) electrons. The van der Waals surface area contributed by atoms with Gasteiger partial charge in [0.05, 0.1) is 12.2 Å². The smallest absolute Gasteiger partial charge is 0.340 e. The van der Waals surface area contributed by atoms with E-state index in [1.165, 1.54) is 11.8 Å². The fraction of sp³-hybridized carbons (Fsp3) is 0.364. The molecular formula is C11H12N2O3S. The van der Waals surface area contributed by atoms with Crippen molar-refractivity contribution in [2.24, 2.45) is 4.99 Å². The number of nitrogens with zero attached hydrogens (tertiary/aromatic N) is 2. The molecule has 2 rings (SSSR count). The van der Waals surface area contributed by atoms with E-state index < -0.39 is 12.2 Å². The van der Waals surface area contributed by atoms with Gasteiger partial charge in [-0.15, -0.1) is 0 Å². The average molecular weight is 252 g/mol. The van der Waals surface area contributed by atoms with Gasteiger partial charge in [0.25, 0.3) is 0 Å². The predicted molar refractivity (Wildman–Crippen MR) is 65.2 cm³/mol. The molecule has 0 fully saturated rings. The summed E-state index contributed by atoms with van der Waals surface area (Å²) >= 11 is 1.38. The minimum atomic E-state index is -0.716. The number of ether oxygens (including phenoxy) is 1. The third-order valence-electron chi connectivity index (χ3n) is 2.14. The highest BCUT2D eigenvalue weighted by Gasteiger charge is 2.23. The molecule has 1 aromatic heterocycles. The Morgan fingerprint density at radius 3 is 3.18 bits per heavy atom. The lowest BCUT2D eigenvalue weighted by atomic mass is 10.2. The molecule has 1 N–H and O–H groups in total. The third-order valence-corrected chi connectivity index (χ3v) is 3.18. The molecule has 0 bridgehead atoms. The number of aromatic nitrogens is 1. The number of aliphatic hydroxyl groups excluding tert-OH is 1. The molecule has 1 unspecified atom stereocenters. The number of thioether (sulfide) groups is 1. The molecule has 0 saturated heterocycles. The van der Waals surface area contributed by atoms with Crippen LogP contribution in [0, 0.1) is 0 Å². The van der Waals surface area contributed by atoms with Gasteiger partial charge >= 0.3 is 5.97 Å². The molecule has 17 heavy (non-hydrogen) atoms. The summed E-state index contributed by atoms with van der Waals surface area (Å²) in [7, 11) is 0. The van der Waals surface area contributed by atoms with E-state index in [1.807, 2.05) is 0 Å². The van der Waals surface area contributed by atoms with Gasteiger partial charge in [-0.05, 0) is 19.1 Å². The van der Waals surface area contributed by atoms with Crippen molar-refractivity contribution >= 4 is 22.8 Å². The maximum absolute atomic E-state index is 11.7. The second-order valence-corrected chi connectivity index (χ2v) is 4.35. The highest BCUT2D eigenvalue weighted by molar-refractivity contribution is 8.14. The lowest BCUT2D eigenvalue weighted by molar-refractivity contribution is 0.0525. The molecule has 5 nitrogen and oxygen atoms in total. The second-order valence-electron chi connectivity index (χ2n) is 3.35. The monoisotopic (exact) mass is 252 g/mol. The van der Waals surface area contributed by atoms with Crippen LogP contribution in [0.4, 0.5) is 0 Å². The molecular weight excluding hydrogens is 240 g/mol. The second kappa shape index (κ2) is 5.29. The van der Waals surface area contributed by atoms with Gasteiger partial charge in [-0.1, -0.05) is 11.8 Å². The van der Waals surface area contributed by atoms with Gasteiger partial charge in [0.15, 0.2) is 6.23 Å². The number of rotatable bonds is 3. The Kier molecular flexibility index (Phi) is 3.75. The highest BCUT2D eigenvalue weighted by Crippen LogP contribution is 2.23. The molecule has 2 heterocycles. The van der Waals surface area contributed by atoms with E-state index in [0.717, 1.165) is 0 Å². The van der Waals surface area contributed by atoms with E-state index in [1.54, 1.807) is 25.3 Å². The van der Waals surface area contributed by atoms with Crippen LogP contribution in [0.3, 0.4) is 0 Å². The molecule has 0 saturated carbocycles. The number of carbonyl (C=O) groups is 1. The molecule has 0 amide bonds. The Bertz CT molecular complexity index is 462. The number of esters is 1. The number of carbonyl (C=O) groups excluding carboxylic acids is 1. The van der Waals surface area contributed by atoms with Gasteiger partial charge < -0.3 is 9.84 Å². The van der Waals surface area contributed by atoms with Crippen molar-refractivity contribution in [1.29, 1.82) is 0 Å².